The van der Waals surface area contributed by atoms with Crippen LogP contribution in [0.5, 0.6) is 0 Å². The Morgan fingerprint density at radius 1 is 1.10 bits per heavy atom. The molecule has 0 heterocycles. The minimum atomic E-state index is -0.760. The molecule has 0 aliphatic heterocycles. The molecule has 0 radical (unpaired) electrons. The molecule has 1 aromatic rings. The molecular weight excluding hydrogens is 254 g/mol. The Balaban J connectivity index is 2.20. The molecule has 4 heteroatoms. The summed E-state index contributed by atoms with van der Waals surface area (Å²) in [5.41, 5.74) is 3.45. The second-order valence-corrected chi connectivity index (χ2v) is 5.15. The van der Waals surface area contributed by atoms with Gasteiger partial charge in [-0.3, -0.25) is 9.59 Å². The van der Waals surface area contributed by atoms with Gasteiger partial charge in [0.2, 0.25) is 5.91 Å². The highest BCUT2D eigenvalue weighted by Gasteiger charge is 2.04. The van der Waals surface area contributed by atoms with Crippen LogP contribution in [0.4, 0.5) is 0 Å². The second kappa shape index (κ2) is 8.35. The highest BCUT2D eigenvalue weighted by atomic mass is 16.4. The molecule has 1 rings (SSSR count). The molecular formula is C16H23NO3. The zero-order valence-corrected chi connectivity index (χ0v) is 12.2. The lowest BCUT2D eigenvalue weighted by Crippen LogP contribution is -2.26. The Morgan fingerprint density at radius 2 is 1.85 bits per heavy atom. The van der Waals surface area contributed by atoms with E-state index in [9.17, 15) is 9.59 Å². The number of unbranched alkanes of at least 4 members (excludes halogenated alkanes) is 2. The summed E-state index contributed by atoms with van der Waals surface area (Å²) in [5.74, 6) is -0.740. The normalized spacial score (nSPS) is 10.3. The van der Waals surface area contributed by atoms with Gasteiger partial charge in [-0.25, -0.2) is 0 Å². The van der Waals surface area contributed by atoms with E-state index >= 15 is 0 Å². The molecule has 0 spiro atoms. The summed E-state index contributed by atoms with van der Waals surface area (Å²) >= 11 is 0. The van der Waals surface area contributed by atoms with Gasteiger partial charge in [-0.05, 0) is 43.4 Å². The summed E-state index contributed by atoms with van der Waals surface area (Å²) in [5, 5.41) is 11.4. The summed E-state index contributed by atoms with van der Waals surface area (Å²) in [7, 11) is 0. The highest BCUT2D eigenvalue weighted by Crippen LogP contribution is 2.10. The third kappa shape index (κ3) is 6.36. The predicted octanol–water partition coefficient (Wildman–Crippen LogP) is 2.61. The van der Waals surface area contributed by atoms with Crippen molar-refractivity contribution in [1.29, 1.82) is 0 Å². The Kier molecular flexibility index (Phi) is 6.77. The lowest BCUT2D eigenvalue weighted by Gasteiger charge is -2.07. The van der Waals surface area contributed by atoms with E-state index in [0.29, 0.717) is 19.4 Å². The minimum Gasteiger partial charge on any atom is -0.481 e. The van der Waals surface area contributed by atoms with Crippen LogP contribution in [-0.4, -0.2) is 23.5 Å². The van der Waals surface area contributed by atoms with Crippen LogP contribution in [0.3, 0.4) is 0 Å². The van der Waals surface area contributed by atoms with E-state index in [0.717, 1.165) is 18.4 Å². The number of hydrogen-bond donors (Lipinski definition) is 2. The third-order valence-corrected chi connectivity index (χ3v) is 3.33. The monoisotopic (exact) mass is 277 g/mol. The number of carbonyl (C=O) groups excluding carboxylic acids is 1. The second-order valence-electron chi connectivity index (χ2n) is 5.15. The quantitative estimate of drug-likeness (QED) is 0.718. The summed E-state index contributed by atoms with van der Waals surface area (Å²) in [6.07, 6.45) is 2.93. The maximum absolute atomic E-state index is 11.7. The highest BCUT2D eigenvalue weighted by molar-refractivity contribution is 5.78. The van der Waals surface area contributed by atoms with Crippen LogP contribution in [0, 0.1) is 13.8 Å². The van der Waals surface area contributed by atoms with Crippen LogP contribution in [0.15, 0.2) is 18.2 Å². The Labute approximate surface area is 120 Å². The lowest BCUT2D eigenvalue weighted by atomic mass is 10.0. The van der Waals surface area contributed by atoms with Gasteiger partial charge in [-0.15, -0.1) is 0 Å². The molecule has 0 aromatic heterocycles. The topological polar surface area (TPSA) is 66.4 Å². The maximum Gasteiger partial charge on any atom is 0.303 e. The Morgan fingerprint density at radius 3 is 2.50 bits per heavy atom. The van der Waals surface area contributed by atoms with Crippen molar-refractivity contribution in [1.82, 2.24) is 5.32 Å². The Hall–Kier alpha value is -1.84. The summed E-state index contributed by atoms with van der Waals surface area (Å²) in [6.45, 7) is 4.71. The molecule has 0 aliphatic carbocycles. The van der Waals surface area contributed by atoms with Crippen molar-refractivity contribution < 1.29 is 14.7 Å². The largest absolute Gasteiger partial charge is 0.481 e. The number of benzene rings is 1. The van der Waals surface area contributed by atoms with E-state index in [2.05, 4.69) is 12.2 Å². The number of hydrogen-bond acceptors (Lipinski definition) is 2. The first-order chi connectivity index (χ1) is 9.49. The molecule has 1 amide bonds. The van der Waals surface area contributed by atoms with Crippen LogP contribution in [0.25, 0.3) is 0 Å². The van der Waals surface area contributed by atoms with Gasteiger partial charge < -0.3 is 10.4 Å². The van der Waals surface area contributed by atoms with E-state index in [1.54, 1.807) is 0 Å². The fourth-order valence-corrected chi connectivity index (χ4v) is 1.97. The fourth-order valence-electron chi connectivity index (χ4n) is 1.97. The number of carbonyl (C=O) groups is 2. The van der Waals surface area contributed by atoms with Crippen LogP contribution >= 0.6 is 0 Å². The molecule has 4 nitrogen and oxygen atoms in total. The average molecular weight is 277 g/mol. The van der Waals surface area contributed by atoms with E-state index in [1.165, 1.54) is 11.1 Å². The van der Waals surface area contributed by atoms with Gasteiger partial charge in [0, 0.05) is 13.0 Å². The molecule has 110 valence electrons. The number of aliphatic carboxylic acids is 1. The average Bonchev–Trinajstić information content (AvgIpc) is 2.38. The van der Waals surface area contributed by atoms with Gasteiger partial charge in [0.05, 0.1) is 6.42 Å². The van der Waals surface area contributed by atoms with Crippen LogP contribution in [-0.2, 0) is 16.0 Å². The molecule has 1 aromatic carbocycles. The van der Waals surface area contributed by atoms with E-state index in [4.69, 9.17) is 5.11 Å². The van der Waals surface area contributed by atoms with Crippen molar-refractivity contribution >= 4 is 11.9 Å². The molecule has 0 bridgehead atoms. The van der Waals surface area contributed by atoms with E-state index in [1.807, 2.05) is 25.1 Å². The fraction of sp³-hybridized carbons (Fsp3) is 0.500. The maximum atomic E-state index is 11.7. The van der Waals surface area contributed by atoms with Crippen molar-refractivity contribution in [3.63, 3.8) is 0 Å². The number of carboxylic acid groups (broad SMARTS) is 1. The molecule has 0 fully saturated rings. The smallest absolute Gasteiger partial charge is 0.303 e. The van der Waals surface area contributed by atoms with Gasteiger partial charge in [0.15, 0.2) is 0 Å². The van der Waals surface area contributed by atoms with Gasteiger partial charge in [-0.1, -0.05) is 24.6 Å². The van der Waals surface area contributed by atoms with E-state index in [-0.39, 0.29) is 12.3 Å². The van der Waals surface area contributed by atoms with Gasteiger partial charge in [0.1, 0.15) is 0 Å². The van der Waals surface area contributed by atoms with Crippen molar-refractivity contribution in [2.45, 2.75) is 46.0 Å². The molecule has 0 saturated heterocycles. The van der Waals surface area contributed by atoms with Crippen molar-refractivity contribution in [2.75, 3.05) is 6.54 Å². The molecule has 0 aliphatic rings. The Bertz CT molecular complexity index is 469. The first kappa shape index (κ1) is 16.2. The number of rotatable bonds is 8. The van der Waals surface area contributed by atoms with Crippen molar-refractivity contribution in [2.24, 2.45) is 0 Å². The zero-order chi connectivity index (χ0) is 15.0. The van der Waals surface area contributed by atoms with Crippen LogP contribution in [0.1, 0.15) is 42.4 Å². The summed E-state index contributed by atoms with van der Waals surface area (Å²) in [4.78, 5) is 22.1. The van der Waals surface area contributed by atoms with Crippen molar-refractivity contribution in [3.05, 3.63) is 34.9 Å². The predicted molar refractivity (Wildman–Crippen MR) is 78.7 cm³/mol. The number of amides is 1. The molecule has 0 saturated carbocycles. The summed E-state index contributed by atoms with van der Waals surface area (Å²) in [6, 6.07) is 6.06. The molecule has 20 heavy (non-hydrogen) atoms. The first-order valence-corrected chi connectivity index (χ1v) is 7.03. The summed E-state index contributed by atoms with van der Waals surface area (Å²) < 4.78 is 0. The molecule has 0 atom stereocenters. The number of carboxylic acids is 1. The van der Waals surface area contributed by atoms with E-state index < -0.39 is 5.97 Å². The van der Waals surface area contributed by atoms with Crippen LogP contribution in [0.2, 0.25) is 0 Å². The lowest BCUT2D eigenvalue weighted by molar-refractivity contribution is -0.137. The van der Waals surface area contributed by atoms with Gasteiger partial charge in [0.25, 0.3) is 0 Å². The van der Waals surface area contributed by atoms with Crippen molar-refractivity contribution in [3.8, 4) is 0 Å². The minimum absolute atomic E-state index is 0.0199. The third-order valence-electron chi connectivity index (χ3n) is 3.33. The first-order valence-electron chi connectivity index (χ1n) is 7.03. The zero-order valence-electron chi connectivity index (χ0n) is 12.2. The number of aryl methyl sites for hydroxylation is 2. The van der Waals surface area contributed by atoms with Gasteiger partial charge in [-0.2, -0.15) is 0 Å². The number of nitrogens with one attached hydrogen (secondary N) is 1. The van der Waals surface area contributed by atoms with Crippen LogP contribution < -0.4 is 5.32 Å². The van der Waals surface area contributed by atoms with Gasteiger partial charge >= 0.3 is 5.97 Å². The SMILES string of the molecule is Cc1ccc(CC(=O)NCCCCCC(=O)O)cc1C. The molecule has 2 N–H and O–H groups in total. The molecule has 0 unspecified atom stereocenters. The standard InChI is InChI=1S/C16H23NO3/c1-12-7-8-14(10-13(12)2)11-15(18)17-9-5-3-4-6-16(19)20/h7-8,10H,3-6,9,11H2,1-2H3,(H,17,18)(H,19,20).